The zero-order chi connectivity index (χ0) is 17.1. The van der Waals surface area contributed by atoms with Crippen molar-refractivity contribution >= 4 is 27.4 Å². The molecule has 128 valence electrons. The maximum Gasteiger partial charge on any atom is 0.250 e. The number of rotatable bonds is 1. The lowest BCUT2D eigenvalue weighted by Crippen LogP contribution is -2.47. The van der Waals surface area contributed by atoms with E-state index in [2.05, 4.69) is 34.8 Å². The molecule has 3 aromatic heterocycles. The molecule has 5 rings (SSSR count). The number of nitrogens with zero attached hydrogens (tertiary/aromatic N) is 4. The summed E-state index contributed by atoms with van der Waals surface area (Å²) in [5.41, 5.74) is 2.61. The van der Waals surface area contributed by atoms with Crippen molar-refractivity contribution in [3.05, 3.63) is 51.0 Å². The largest absolute Gasteiger partial charge is 0.355 e. The molecule has 1 saturated heterocycles. The van der Waals surface area contributed by atoms with Gasteiger partial charge in [0.25, 0.3) is 5.56 Å². The highest BCUT2D eigenvalue weighted by atomic mass is 32.1. The van der Waals surface area contributed by atoms with Crippen LogP contribution in [-0.2, 0) is 6.54 Å². The van der Waals surface area contributed by atoms with E-state index in [1.807, 2.05) is 10.6 Å². The van der Waals surface area contributed by atoms with E-state index in [1.165, 1.54) is 21.5 Å². The molecule has 25 heavy (non-hydrogen) atoms. The first kappa shape index (κ1) is 15.1. The molecule has 0 spiro atoms. The lowest BCUT2D eigenvalue weighted by molar-refractivity contribution is 0.281. The number of anilines is 1. The van der Waals surface area contributed by atoms with Gasteiger partial charge in [-0.2, -0.15) is 0 Å². The number of hydrogen-bond acceptors (Lipinski definition) is 5. The third-order valence-electron chi connectivity index (χ3n) is 5.72. The van der Waals surface area contributed by atoms with Gasteiger partial charge in [0.2, 0.25) is 0 Å². The molecule has 0 saturated carbocycles. The zero-order valence-electron chi connectivity index (χ0n) is 14.4. The molecule has 5 heterocycles. The Kier molecular flexibility index (Phi) is 3.25. The molecule has 2 aliphatic rings. The van der Waals surface area contributed by atoms with Gasteiger partial charge in [0.05, 0.1) is 5.39 Å². The standard InChI is InChI=1S/C19H20N4OS/c1-11-12(2)25-19-17(11)18(20-10-21-19)22-7-13-6-14(9-22)15-4-3-5-16(24)23(15)8-13/h3-5,10,13-14H,6-9H2,1-2H3/t13-,14+/m1/s1. The van der Waals surface area contributed by atoms with Gasteiger partial charge in [0, 0.05) is 42.2 Å². The van der Waals surface area contributed by atoms with Crippen LogP contribution in [0.15, 0.2) is 29.3 Å². The number of thiophene rings is 1. The van der Waals surface area contributed by atoms with Crippen LogP contribution in [0.25, 0.3) is 10.2 Å². The monoisotopic (exact) mass is 352 g/mol. The summed E-state index contributed by atoms with van der Waals surface area (Å²) < 4.78 is 1.98. The van der Waals surface area contributed by atoms with Crippen molar-refractivity contribution in [2.75, 3.05) is 18.0 Å². The molecule has 3 aromatic rings. The summed E-state index contributed by atoms with van der Waals surface area (Å²) in [6, 6.07) is 5.68. The highest BCUT2D eigenvalue weighted by Crippen LogP contribution is 2.40. The maximum atomic E-state index is 12.2. The smallest absolute Gasteiger partial charge is 0.250 e. The number of aromatic nitrogens is 3. The predicted octanol–water partition coefficient (Wildman–Crippen LogP) is 3.09. The minimum absolute atomic E-state index is 0.134. The van der Waals surface area contributed by atoms with Crippen molar-refractivity contribution in [2.45, 2.75) is 32.7 Å². The minimum atomic E-state index is 0.134. The highest BCUT2D eigenvalue weighted by Gasteiger charge is 2.35. The second-order valence-electron chi connectivity index (χ2n) is 7.26. The number of aryl methyl sites for hydroxylation is 2. The first-order valence-electron chi connectivity index (χ1n) is 8.77. The van der Waals surface area contributed by atoms with Crippen LogP contribution in [0, 0.1) is 19.8 Å². The van der Waals surface area contributed by atoms with E-state index in [1.54, 1.807) is 23.7 Å². The molecule has 0 unspecified atom stereocenters. The molecule has 2 bridgehead atoms. The van der Waals surface area contributed by atoms with Crippen molar-refractivity contribution in [1.29, 1.82) is 0 Å². The second kappa shape index (κ2) is 5.39. The molecule has 2 atom stereocenters. The first-order chi connectivity index (χ1) is 12.1. The van der Waals surface area contributed by atoms with Gasteiger partial charge in [-0.05, 0) is 37.8 Å². The molecule has 0 radical (unpaired) electrons. The molecule has 5 nitrogen and oxygen atoms in total. The van der Waals surface area contributed by atoms with E-state index in [9.17, 15) is 4.79 Å². The molecule has 0 N–H and O–H groups in total. The quantitative estimate of drug-likeness (QED) is 0.675. The van der Waals surface area contributed by atoms with Crippen molar-refractivity contribution in [2.24, 2.45) is 5.92 Å². The van der Waals surface area contributed by atoms with E-state index in [4.69, 9.17) is 0 Å². The number of pyridine rings is 1. The molecule has 1 fully saturated rings. The molecule has 0 amide bonds. The van der Waals surface area contributed by atoms with Crippen molar-refractivity contribution < 1.29 is 0 Å². The molecule has 0 aliphatic carbocycles. The summed E-state index contributed by atoms with van der Waals surface area (Å²) in [7, 11) is 0. The van der Waals surface area contributed by atoms with Crippen molar-refractivity contribution in [3.8, 4) is 0 Å². The third-order valence-corrected chi connectivity index (χ3v) is 6.84. The number of fused-ring (bicyclic) bond motifs is 5. The number of hydrogen-bond donors (Lipinski definition) is 0. The first-order valence-corrected chi connectivity index (χ1v) is 9.59. The van der Waals surface area contributed by atoms with Crippen LogP contribution < -0.4 is 10.5 Å². The SMILES string of the molecule is Cc1sc2ncnc(N3C[C@H]4C[C@@H](C3)c3cccc(=O)n3C4)c2c1C. The van der Waals surface area contributed by atoms with Gasteiger partial charge < -0.3 is 9.47 Å². The summed E-state index contributed by atoms with van der Waals surface area (Å²) in [5.74, 6) is 1.95. The Morgan fingerprint density at radius 1 is 1.16 bits per heavy atom. The Labute approximate surface area is 150 Å². The summed E-state index contributed by atoms with van der Waals surface area (Å²) in [6.07, 6.45) is 2.85. The van der Waals surface area contributed by atoms with Crippen molar-refractivity contribution in [3.63, 3.8) is 0 Å². The van der Waals surface area contributed by atoms with Crippen LogP contribution in [0.4, 0.5) is 5.82 Å². The van der Waals surface area contributed by atoms with Crippen LogP contribution >= 0.6 is 11.3 Å². The van der Waals surface area contributed by atoms with Gasteiger partial charge in [0.1, 0.15) is 17.0 Å². The molecule has 6 heteroatoms. The van der Waals surface area contributed by atoms with Crippen molar-refractivity contribution in [1.82, 2.24) is 14.5 Å². The van der Waals surface area contributed by atoms with Crippen LogP contribution in [0.1, 0.15) is 28.5 Å². The zero-order valence-corrected chi connectivity index (χ0v) is 15.2. The summed E-state index contributed by atoms with van der Waals surface area (Å²) in [5, 5.41) is 1.20. The second-order valence-corrected chi connectivity index (χ2v) is 8.47. The molecular weight excluding hydrogens is 332 g/mol. The fraction of sp³-hybridized carbons (Fsp3) is 0.421. The Morgan fingerprint density at radius 3 is 2.92 bits per heavy atom. The predicted molar refractivity (Wildman–Crippen MR) is 101 cm³/mol. The Morgan fingerprint density at radius 2 is 2.04 bits per heavy atom. The summed E-state index contributed by atoms with van der Waals surface area (Å²) >= 11 is 1.75. The van der Waals surface area contributed by atoms with E-state index in [0.717, 1.165) is 36.7 Å². The highest BCUT2D eigenvalue weighted by molar-refractivity contribution is 7.18. The fourth-order valence-corrected chi connectivity index (χ4v) is 5.46. The van der Waals surface area contributed by atoms with E-state index in [-0.39, 0.29) is 5.56 Å². The third kappa shape index (κ3) is 2.24. The molecule has 0 aromatic carbocycles. The fourth-order valence-electron chi connectivity index (χ4n) is 4.47. The molecular formula is C19H20N4OS. The lowest BCUT2D eigenvalue weighted by atomic mass is 9.83. The van der Waals surface area contributed by atoms with Crippen LogP contribution in [0.2, 0.25) is 0 Å². The summed E-state index contributed by atoms with van der Waals surface area (Å²) in [6.45, 7) is 7.01. The van der Waals surface area contributed by atoms with Gasteiger partial charge in [-0.3, -0.25) is 4.79 Å². The van der Waals surface area contributed by atoms with E-state index in [0.29, 0.717) is 11.8 Å². The average molecular weight is 352 g/mol. The topological polar surface area (TPSA) is 51.0 Å². The van der Waals surface area contributed by atoms with Gasteiger partial charge in [-0.1, -0.05) is 6.07 Å². The van der Waals surface area contributed by atoms with Gasteiger partial charge in [0.15, 0.2) is 0 Å². The summed E-state index contributed by atoms with van der Waals surface area (Å²) in [4.78, 5) is 26.1. The van der Waals surface area contributed by atoms with Gasteiger partial charge in [-0.15, -0.1) is 11.3 Å². The maximum absolute atomic E-state index is 12.2. The molecule has 2 aliphatic heterocycles. The Hall–Kier alpha value is -2.21. The van der Waals surface area contributed by atoms with Gasteiger partial charge >= 0.3 is 0 Å². The average Bonchev–Trinajstić information content (AvgIpc) is 2.90. The van der Waals surface area contributed by atoms with Gasteiger partial charge in [-0.25, -0.2) is 9.97 Å². The normalized spacial score (nSPS) is 22.2. The van der Waals surface area contributed by atoms with Crippen LogP contribution in [-0.4, -0.2) is 27.6 Å². The Balaban J connectivity index is 1.59. The Bertz CT molecular complexity index is 1040. The van der Waals surface area contributed by atoms with Crippen LogP contribution in [0.5, 0.6) is 0 Å². The van der Waals surface area contributed by atoms with E-state index >= 15 is 0 Å². The minimum Gasteiger partial charge on any atom is -0.355 e. The van der Waals surface area contributed by atoms with E-state index < -0.39 is 0 Å². The number of piperidine rings is 1. The lowest BCUT2D eigenvalue weighted by Gasteiger charge is -2.43. The van der Waals surface area contributed by atoms with Crippen LogP contribution in [0.3, 0.4) is 0 Å².